The van der Waals surface area contributed by atoms with Crippen LogP contribution >= 0.6 is 0 Å². The number of unbranched alkanes of at least 4 members (excludes halogenated alkanes) is 16. The zero-order valence-corrected chi connectivity index (χ0v) is 27.0. The first kappa shape index (κ1) is 39.1. The summed E-state index contributed by atoms with van der Waals surface area (Å²) >= 11 is 0. The summed E-state index contributed by atoms with van der Waals surface area (Å²) in [7, 11) is 0. The highest BCUT2D eigenvalue weighted by atomic mass is 16.4. The van der Waals surface area contributed by atoms with Crippen molar-refractivity contribution in [3.63, 3.8) is 0 Å². The van der Waals surface area contributed by atoms with Crippen LogP contribution in [0.1, 0.15) is 143 Å². The van der Waals surface area contributed by atoms with E-state index < -0.39 is 35.7 Å². The quantitative estimate of drug-likeness (QED) is 0.0463. The zero-order valence-electron chi connectivity index (χ0n) is 27.0. The average molecular weight is 583 g/mol. The summed E-state index contributed by atoms with van der Waals surface area (Å²) in [5.74, 6) is -4.81. The normalized spacial score (nSPS) is 15.4. The number of aliphatic carboxylic acids is 3. The van der Waals surface area contributed by atoms with Crippen LogP contribution in [0.15, 0.2) is 12.2 Å². The number of hydrogen-bond acceptors (Lipinski definition) is 3. The van der Waals surface area contributed by atoms with Crippen LogP contribution in [0.2, 0.25) is 0 Å². The van der Waals surface area contributed by atoms with E-state index in [1.807, 2.05) is 0 Å². The van der Waals surface area contributed by atoms with Crippen molar-refractivity contribution >= 4 is 17.9 Å². The van der Waals surface area contributed by atoms with Gasteiger partial charge in [-0.2, -0.15) is 0 Å². The molecule has 3 N–H and O–H groups in total. The van der Waals surface area contributed by atoms with Crippen LogP contribution in [0, 0.1) is 17.8 Å². The molecule has 0 aromatic heterocycles. The first-order chi connectivity index (χ1) is 19.5. The lowest BCUT2D eigenvalue weighted by Crippen LogP contribution is -2.57. The van der Waals surface area contributed by atoms with Gasteiger partial charge in [0.1, 0.15) is 17.8 Å². The van der Waals surface area contributed by atoms with Crippen LogP contribution < -0.4 is 0 Å². The molecule has 0 rings (SSSR count). The Bertz CT molecular complexity index is 667. The number of rotatable bonds is 29. The van der Waals surface area contributed by atoms with E-state index in [9.17, 15) is 29.7 Å². The van der Waals surface area contributed by atoms with E-state index in [-0.39, 0.29) is 24.1 Å². The predicted molar refractivity (Wildman–Crippen MR) is 168 cm³/mol. The van der Waals surface area contributed by atoms with E-state index >= 15 is 0 Å². The second-order valence-corrected chi connectivity index (χ2v) is 12.7. The maximum Gasteiger partial charge on any atom is 0.311 e. The van der Waals surface area contributed by atoms with Crippen molar-refractivity contribution in [3.05, 3.63) is 12.2 Å². The second kappa shape index (κ2) is 24.7. The summed E-state index contributed by atoms with van der Waals surface area (Å²) in [6.07, 6.45) is 27.1. The zero-order chi connectivity index (χ0) is 30.9. The van der Waals surface area contributed by atoms with Gasteiger partial charge in [-0.15, -0.1) is 0 Å². The Kier molecular flexibility index (Phi) is 23.5. The molecule has 7 heteroatoms. The molecule has 0 radical (unpaired) electrons. The Morgan fingerprint density at radius 1 is 0.512 bits per heavy atom. The summed E-state index contributed by atoms with van der Waals surface area (Å²) in [5.41, 5.74) is 0. The standard InChI is InChI=1S/C34H63NO6/c1-5-6-7-8-9-10-11-12-13-14-15-16-17-18-19-20-21-22-23-24-25-35(26-29(2)32(36)37,27-30(3)33(38)39)28-31(4)34(40)41/h14-15,29-31H,5-13,16-28H2,1-4H3,(H2-,36,37,38,39,40,41)/p+1/b15-14+. The summed E-state index contributed by atoms with van der Waals surface area (Å²) in [6, 6.07) is 0. The molecule has 41 heavy (non-hydrogen) atoms. The van der Waals surface area contributed by atoms with E-state index in [0.29, 0.717) is 6.54 Å². The Morgan fingerprint density at radius 2 is 0.805 bits per heavy atom. The molecule has 0 fully saturated rings. The maximum absolute atomic E-state index is 11.6. The molecule has 3 unspecified atom stereocenters. The van der Waals surface area contributed by atoms with E-state index in [1.54, 1.807) is 20.8 Å². The predicted octanol–water partition coefficient (Wildman–Crippen LogP) is 8.56. The van der Waals surface area contributed by atoms with E-state index in [4.69, 9.17) is 0 Å². The van der Waals surface area contributed by atoms with Gasteiger partial charge in [-0.25, -0.2) is 0 Å². The van der Waals surface area contributed by atoms with Crippen molar-refractivity contribution in [1.82, 2.24) is 0 Å². The highest BCUT2D eigenvalue weighted by Gasteiger charge is 2.38. The van der Waals surface area contributed by atoms with Crippen LogP contribution in [0.25, 0.3) is 0 Å². The summed E-state index contributed by atoms with van der Waals surface area (Å²) in [6.45, 7) is 8.49. The summed E-state index contributed by atoms with van der Waals surface area (Å²) in [4.78, 5) is 34.9. The molecule has 0 saturated carbocycles. The number of carboxylic acids is 3. The molecule has 0 aliphatic heterocycles. The molecule has 240 valence electrons. The fourth-order valence-corrected chi connectivity index (χ4v) is 5.88. The van der Waals surface area contributed by atoms with Crippen LogP contribution in [-0.2, 0) is 14.4 Å². The van der Waals surface area contributed by atoms with Crippen molar-refractivity contribution in [2.24, 2.45) is 17.8 Å². The lowest BCUT2D eigenvalue weighted by Gasteiger charge is -2.42. The Labute approximate surface area is 251 Å². The van der Waals surface area contributed by atoms with Crippen molar-refractivity contribution in [1.29, 1.82) is 0 Å². The van der Waals surface area contributed by atoms with Gasteiger partial charge in [0.25, 0.3) is 0 Å². The number of nitrogens with zero attached hydrogens (tertiary/aromatic N) is 1. The largest absolute Gasteiger partial charge is 0.481 e. The highest BCUT2D eigenvalue weighted by molar-refractivity contribution is 5.70. The van der Waals surface area contributed by atoms with Gasteiger partial charge < -0.3 is 19.8 Å². The van der Waals surface area contributed by atoms with Gasteiger partial charge in [0, 0.05) is 0 Å². The van der Waals surface area contributed by atoms with Crippen molar-refractivity contribution in [2.45, 2.75) is 143 Å². The van der Waals surface area contributed by atoms with Crippen molar-refractivity contribution < 1.29 is 34.2 Å². The SMILES string of the molecule is CCCCCCCCCC/C=C/CCCCCCCCCC[N+](CC(C)C(=O)O)(CC(C)C(=O)O)CC(C)C(=O)O. The van der Waals surface area contributed by atoms with Gasteiger partial charge >= 0.3 is 17.9 Å². The van der Waals surface area contributed by atoms with E-state index in [0.717, 1.165) is 25.7 Å². The third-order valence-electron chi connectivity index (χ3n) is 8.39. The minimum absolute atomic E-state index is 0.223. The van der Waals surface area contributed by atoms with E-state index in [1.165, 1.54) is 89.9 Å². The molecule has 0 heterocycles. The minimum atomic E-state index is -0.933. The number of quaternary nitrogens is 1. The van der Waals surface area contributed by atoms with Gasteiger partial charge in [-0.05, 0) is 59.3 Å². The minimum Gasteiger partial charge on any atom is -0.481 e. The van der Waals surface area contributed by atoms with Gasteiger partial charge in [0.05, 0.1) is 26.2 Å². The van der Waals surface area contributed by atoms with Crippen LogP contribution in [0.3, 0.4) is 0 Å². The van der Waals surface area contributed by atoms with E-state index in [2.05, 4.69) is 19.1 Å². The molecule has 0 aromatic carbocycles. The smallest absolute Gasteiger partial charge is 0.311 e. The second-order valence-electron chi connectivity index (χ2n) is 12.7. The topological polar surface area (TPSA) is 112 Å². The molecular weight excluding hydrogens is 518 g/mol. The maximum atomic E-state index is 11.6. The van der Waals surface area contributed by atoms with Crippen LogP contribution in [0.4, 0.5) is 0 Å². The van der Waals surface area contributed by atoms with Crippen molar-refractivity contribution in [3.8, 4) is 0 Å². The van der Waals surface area contributed by atoms with Crippen molar-refractivity contribution in [2.75, 3.05) is 26.2 Å². The number of carboxylic acid groups (broad SMARTS) is 3. The number of allylic oxidation sites excluding steroid dienone is 2. The Morgan fingerprint density at radius 3 is 1.12 bits per heavy atom. The number of carbonyl (C=O) groups is 3. The molecule has 0 aromatic rings. The Balaban J connectivity index is 4.27. The van der Waals surface area contributed by atoms with Gasteiger partial charge in [-0.1, -0.05) is 96.1 Å². The third kappa shape index (κ3) is 21.5. The molecule has 0 aliphatic rings. The summed E-state index contributed by atoms with van der Waals surface area (Å²) in [5, 5.41) is 28.6. The molecule has 0 bridgehead atoms. The molecule has 0 spiro atoms. The van der Waals surface area contributed by atoms with Crippen LogP contribution in [-0.4, -0.2) is 63.9 Å². The number of hydrogen-bond donors (Lipinski definition) is 3. The Hall–Kier alpha value is -1.89. The van der Waals surface area contributed by atoms with Gasteiger partial charge in [0.15, 0.2) is 0 Å². The fraction of sp³-hybridized carbons (Fsp3) is 0.853. The van der Waals surface area contributed by atoms with Gasteiger partial charge in [-0.3, -0.25) is 14.4 Å². The first-order valence-corrected chi connectivity index (χ1v) is 16.7. The highest BCUT2D eigenvalue weighted by Crippen LogP contribution is 2.22. The summed E-state index contributed by atoms with van der Waals surface area (Å²) < 4.78 is 0.223. The molecule has 0 aliphatic carbocycles. The molecule has 7 nitrogen and oxygen atoms in total. The van der Waals surface area contributed by atoms with Crippen LogP contribution in [0.5, 0.6) is 0 Å². The lowest BCUT2D eigenvalue weighted by atomic mass is 10.00. The average Bonchev–Trinajstić information content (AvgIpc) is 2.91. The van der Waals surface area contributed by atoms with Gasteiger partial charge in [0.2, 0.25) is 0 Å². The molecular formula is C34H64NO6+. The first-order valence-electron chi connectivity index (χ1n) is 16.7. The molecule has 0 amide bonds. The monoisotopic (exact) mass is 582 g/mol. The molecule has 3 atom stereocenters. The third-order valence-corrected chi connectivity index (χ3v) is 8.39. The fourth-order valence-electron chi connectivity index (χ4n) is 5.88. The lowest BCUT2D eigenvalue weighted by molar-refractivity contribution is -0.934. The molecule has 0 saturated heterocycles.